The third-order valence-corrected chi connectivity index (χ3v) is 4.55. The van der Waals surface area contributed by atoms with E-state index in [9.17, 15) is 4.39 Å². The largest absolute Gasteiger partial charge is 0.381 e. The van der Waals surface area contributed by atoms with E-state index in [-0.39, 0.29) is 35.3 Å². The predicted molar refractivity (Wildman–Crippen MR) is 106 cm³/mol. The van der Waals surface area contributed by atoms with Crippen molar-refractivity contribution in [3.8, 4) is 0 Å². The van der Waals surface area contributed by atoms with Gasteiger partial charge in [-0.1, -0.05) is 12.1 Å². The van der Waals surface area contributed by atoms with Crippen molar-refractivity contribution in [3.05, 3.63) is 35.6 Å². The van der Waals surface area contributed by atoms with Gasteiger partial charge in [0, 0.05) is 38.9 Å². The molecule has 5 nitrogen and oxygen atoms in total. The van der Waals surface area contributed by atoms with Crippen LogP contribution in [0.5, 0.6) is 0 Å². The molecule has 2 rings (SSSR count). The number of likely N-dealkylation sites (N-methyl/N-ethyl adjacent to an activating group) is 1. The molecule has 0 unspecified atom stereocenters. The van der Waals surface area contributed by atoms with Crippen LogP contribution in [0.15, 0.2) is 29.3 Å². The Labute approximate surface area is 161 Å². The highest BCUT2D eigenvalue weighted by atomic mass is 127. The summed E-state index contributed by atoms with van der Waals surface area (Å²) in [5.41, 5.74) is 1.11. The van der Waals surface area contributed by atoms with Crippen molar-refractivity contribution in [3.63, 3.8) is 0 Å². The molecule has 0 aromatic heterocycles. The first-order valence-electron chi connectivity index (χ1n) is 8.00. The smallest absolute Gasteiger partial charge is 0.191 e. The molecule has 2 N–H and O–H groups in total. The van der Waals surface area contributed by atoms with E-state index >= 15 is 0 Å². The fraction of sp³-hybridized carbons (Fsp3) is 0.588. The zero-order valence-electron chi connectivity index (χ0n) is 14.6. The minimum absolute atomic E-state index is 0. The molecule has 7 heteroatoms. The van der Waals surface area contributed by atoms with E-state index in [0.29, 0.717) is 6.54 Å². The molecule has 0 atom stereocenters. The maximum atomic E-state index is 12.9. The van der Waals surface area contributed by atoms with E-state index in [1.165, 1.54) is 12.1 Å². The van der Waals surface area contributed by atoms with Gasteiger partial charge in [-0.05, 0) is 44.6 Å². The molecule has 1 aromatic carbocycles. The highest BCUT2D eigenvalue weighted by Crippen LogP contribution is 2.24. The van der Waals surface area contributed by atoms with E-state index in [1.807, 2.05) is 0 Å². The Kier molecular flexibility index (Phi) is 8.93. The highest BCUT2D eigenvalue weighted by Gasteiger charge is 2.34. The van der Waals surface area contributed by atoms with Crippen LogP contribution in [0.3, 0.4) is 0 Å². The molecule has 1 heterocycles. The van der Waals surface area contributed by atoms with Gasteiger partial charge in [-0.3, -0.25) is 4.99 Å². The van der Waals surface area contributed by atoms with Crippen molar-refractivity contribution in [1.82, 2.24) is 15.5 Å². The molecule has 1 aliphatic heterocycles. The third kappa shape index (κ3) is 5.86. The second-order valence-electron chi connectivity index (χ2n) is 6.14. The quantitative estimate of drug-likeness (QED) is 0.411. The third-order valence-electron chi connectivity index (χ3n) is 4.55. The van der Waals surface area contributed by atoms with Gasteiger partial charge >= 0.3 is 0 Å². The first kappa shape index (κ1) is 21.1. The number of aliphatic imine (C=N–C) groups is 1. The molecule has 1 aromatic rings. The number of ether oxygens (including phenoxy) is 1. The first-order valence-corrected chi connectivity index (χ1v) is 8.00. The molecule has 0 aliphatic carbocycles. The van der Waals surface area contributed by atoms with E-state index in [2.05, 4.69) is 34.6 Å². The zero-order chi connectivity index (χ0) is 16.7. The minimum atomic E-state index is -0.219. The Bertz CT molecular complexity index is 516. The van der Waals surface area contributed by atoms with Crippen LogP contribution in [0.1, 0.15) is 18.4 Å². The van der Waals surface area contributed by atoms with Gasteiger partial charge in [-0.15, -0.1) is 24.0 Å². The summed E-state index contributed by atoms with van der Waals surface area (Å²) in [5.74, 6) is 0.533. The second-order valence-corrected chi connectivity index (χ2v) is 6.14. The van der Waals surface area contributed by atoms with Crippen LogP contribution >= 0.6 is 24.0 Å². The molecule has 1 saturated heterocycles. The maximum absolute atomic E-state index is 12.9. The summed E-state index contributed by atoms with van der Waals surface area (Å²) in [6, 6.07) is 6.48. The number of guanidine groups is 1. The SMILES string of the molecule is CN=C(NCc1ccc(F)cc1)NCC1(N(C)C)CCOCC1.I. The number of halogens is 2. The van der Waals surface area contributed by atoms with Crippen molar-refractivity contribution in [2.75, 3.05) is 40.9 Å². The summed E-state index contributed by atoms with van der Waals surface area (Å²) in [4.78, 5) is 6.54. The Morgan fingerprint density at radius 3 is 2.38 bits per heavy atom. The molecule has 0 bridgehead atoms. The number of nitrogens with one attached hydrogen (secondary N) is 2. The summed E-state index contributed by atoms with van der Waals surface area (Å²) >= 11 is 0. The van der Waals surface area contributed by atoms with Crippen LogP contribution in [0.4, 0.5) is 4.39 Å². The Hall–Kier alpha value is -0.930. The van der Waals surface area contributed by atoms with Crippen molar-refractivity contribution in [1.29, 1.82) is 0 Å². The highest BCUT2D eigenvalue weighted by molar-refractivity contribution is 14.0. The predicted octanol–water partition coefficient (Wildman–Crippen LogP) is 2.22. The van der Waals surface area contributed by atoms with Gasteiger partial charge in [0.15, 0.2) is 5.96 Å². The molecule has 0 saturated carbocycles. The molecule has 0 amide bonds. The summed E-state index contributed by atoms with van der Waals surface area (Å²) in [5, 5.41) is 6.68. The Balaban J connectivity index is 0.00000288. The van der Waals surface area contributed by atoms with Crippen LogP contribution in [-0.2, 0) is 11.3 Å². The van der Waals surface area contributed by atoms with Crippen molar-refractivity contribution in [2.45, 2.75) is 24.9 Å². The lowest BCUT2D eigenvalue weighted by atomic mass is 9.88. The monoisotopic (exact) mass is 450 g/mol. The van der Waals surface area contributed by atoms with E-state index in [4.69, 9.17) is 4.74 Å². The summed E-state index contributed by atoms with van der Waals surface area (Å²) in [7, 11) is 5.98. The standard InChI is InChI=1S/C17H27FN4O.HI/c1-19-16(20-12-14-4-6-15(18)7-5-14)21-13-17(22(2)3)8-10-23-11-9-17;/h4-7H,8-13H2,1-3H3,(H2,19,20,21);1H. The first-order chi connectivity index (χ1) is 11.1. The summed E-state index contributed by atoms with van der Waals surface area (Å²) < 4.78 is 18.4. The van der Waals surface area contributed by atoms with Crippen LogP contribution in [0.25, 0.3) is 0 Å². The number of nitrogens with zero attached hydrogens (tertiary/aromatic N) is 2. The topological polar surface area (TPSA) is 48.9 Å². The van der Waals surface area contributed by atoms with Crippen LogP contribution < -0.4 is 10.6 Å². The van der Waals surface area contributed by atoms with Gasteiger partial charge in [0.1, 0.15) is 5.82 Å². The number of hydrogen-bond acceptors (Lipinski definition) is 3. The van der Waals surface area contributed by atoms with E-state index in [1.54, 1.807) is 19.2 Å². The molecule has 0 spiro atoms. The number of benzene rings is 1. The minimum Gasteiger partial charge on any atom is -0.381 e. The van der Waals surface area contributed by atoms with Gasteiger partial charge in [0.25, 0.3) is 0 Å². The van der Waals surface area contributed by atoms with Crippen LogP contribution in [0, 0.1) is 5.82 Å². The average molecular weight is 450 g/mol. The fourth-order valence-corrected chi connectivity index (χ4v) is 2.79. The van der Waals surface area contributed by atoms with Gasteiger partial charge in [-0.25, -0.2) is 4.39 Å². The number of rotatable bonds is 5. The molecule has 0 radical (unpaired) electrons. The Morgan fingerprint density at radius 2 is 1.83 bits per heavy atom. The Morgan fingerprint density at radius 1 is 1.21 bits per heavy atom. The lowest BCUT2D eigenvalue weighted by Crippen LogP contribution is -2.57. The average Bonchev–Trinajstić information content (AvgIpc) is 2.57. The summed E-state index contributed by atoms with van der Waals surface area (Å²) in [6.45, 7) is 3.01. The van der Waals surface area contributed by atoms with Gasteiger partial charge in [0.05, 0.1) is 0 Å². The van der Waals surface area contributed by atoms with Crippen molar-refractivity contribution >= 4 is 29.9 Å². The van der Waals surface area contributed by atoms with E-state index < -0.39 is 0 Å². The van der Waals surface area contributed by atoms with Crippen LogP contribution in [0.2, 0.25) is 0 Å². The molecular formula is C17H28FIN4O. The molecule has 1 aliphatic rings. The number of hydrogen-bond donors (Lipinski definition) is 2. The summed E-state index contributed by atoms with van der Waals surface area (Å²) in [6.07, 6.45) is 2.00. The van der Waals surface area contributed by atoms with Gasteiger partial charge in [0.2, 0.25) is 0 Å². The molecule has 24 heavy (non-hydrogen) atoms. The van der Waals surface area contributed by atoms with Crippen molar-refractivity contribution < 1.29 is 9.13 Å². The second kappa shape index (κ2) is 10.1. The van der Waals surface area contributed by atoms with E-state index in [0.717, 1.165) is 44.1 Å². The maximum Gasteiger partial charge on any atom is 0.191 e. The lowest BCUT2D eigenvalue weighted by molar-refractivity contribution is -0.00501. The molecule has 136 valence electrons. The fourth-order valence-electron chi connectivity index (χ4n) is 2.79. The zero-order valence-corrected chi connectivity index (χ0v) is 17.0. The normalized spacial score (nSPS) is 17.3. The lowest BCUT2D eigenvalue weighted by Gasteiger charge is -2.43. The van der Waals surface area contributed by atoms with Gasteiger partial charge < -0.3 is 20.3 Å². The molecule has 1 fully saturated rings. The van der Waals surface area contributed by atoms with Crippen molar-refractivity contribution in [2.24, 2.45) is 4.99 Å². The van der Waals surface area contributed by atoms with Gasteiger partial charge in [-0.2, -0.15) is 0 Å². The van der Waals surface area contributed by atoms with Crippen LogP contribution in [-0.4, -0.2) is 57.3 Å². The molecular weight excluding hydrogens is 422 g/mol.